The molecule has 8 heteroatoms. The lowest BCUT2D eigenvalue weighted by atomic mass is 9.97. The van der Waals surface area contributed by atoms with E-state index >= 15 is 0 Å². The number of hydrogen-bond donors (Lipinski definition) is 1. The molecule has 1 atom stereocenters. The summed E-state index contributed by atoms with van der Waals surface area (Å²) in [5, 5.41) is 11.3. The van der Waals surface area contributed by atoms with E-state index in [9.17, 15) is 9.18 Å². The van der Waals surface area contributed by atoms with E-state index in [-0.39, 0.29) is 17.6 Å². The van der Waals surface area contributed by atoms with E-state index in [0.29, 0.717) is 18.1 Å². The van der Waals surface area contributed by atoms with Crippen LogP contribution in [0, 0.1) is 11.7 Å². The van der Waals surface area contributed by atoms with Crippen molar-refractivity contribution in [3.8, 4) is 5.82 Å². The highest BCUT2D eigenvalue weighted by molar-refractivity contribution is 5.93. The summed E-state index contributed by atoms with van der Waals surface area (Å²) in [4.78, 5) is 18.6. The number of hydrogen-bond acceptors (Lipinski definition) is 5. The van der Waals surface area contributed by atoms with Crippen LogP contribution in [-0.4, -0.2) is 38.7 Å². The molecule has 1 fully saturated rings. The van der Waals surface area contributed by atoms with Gasteiger partial charge in [-0.25, -0.2) is 9.37 Å². The summed E-state index contributed by atoms with van der Waals surface area (Å²) in [7, 11) is 0. The summed E-state index contributed by atoms with van der Waals surface area (Å²) in [6, 6.07) is 9.70. The molecule has 0 unspecified atom stereocenters. The molecule has 0 spiro atoms. The SMILES string of the molecule is O=C(Nc1cccc(F)c1)[C@@H]1CCCN(c2ccc(-n3ccnc3)nn2)C1. The van der Waals surface area contributed by atoms with Gasteiger partial charge < -0.3 is 10.2 Å². The van der Waals surface area contributed by atoms with E-state index in [1.165, 1.54) is 12.1 Å². The largest absolute Gasteiger partial charge is 0.354 e. The minimum absolute atomic E-state index is 0.103. The normalized spacial score (nSPS) is 16.9. The van der Waals surface area contributed by atoms with E-state index in [4.69, 9.17) is 0 Å². The van der Waals surface area contributed by atoms with Crippen molar-refractivity contribution in [2.24, 2.45) is 5.92 Å². The first-order chi connectivity index (χ1) is 13.2. The Bertz CT molecular complexity index is 912. The Morgan fingerprint density at radius 1 is 1.19 bits per heavy atom. The molecule has 3 heterocycles. The van der Waals surface area contributed by atoms with E-state index < -0.39 is 0 Å². The van der Waals surface area contributed by atoms with Gasteiger partial charge in [0.25, 0.3) is 0 Å². The summed E-state index contributed by atoms with van der Waals surface area (Å²) in [5.41, 5.74) is 0.474. The van der Waals surface area contributed by atoms with Crippen LogP contribution in [0.1, 0.15) is 12.8 Å². The molecule has 0 aliphatic carbocycles. The number of halogens is 1. The van der Waals surface area contributed by atoms with Crippen LogP contribution in [-0.2, 0) is 4.79 Å². The average molecular weight is 366 g/mol. The van der Waals surface area contributed by atoms with Gasteiger partial charge in [-0.15, -0.1) is 10.2 Å². The van der Waals surface area contributed by atoms with Crippen LogP contribution in [0.25, 0.3) is 5.82 Å². The fourth-order valence-electron chi connectivity index (χ4n) is 3.23. The molecule has 7 nitrogen and oxygen atoms in total. The van der Waals surface area contributed by atoms with Crippen molar-refractivity contribution in [1.82, 2.24) is 19.7 Å². The van der Waals surface area contributed by atoms with Crippen molar-refractivity contribution < 1.29 is 9.18 Å². The lowest BCUT2D eigenvalue weighted by Crippen LogP contribution is -2.41. The van der Waals surface area contributed by atoms with E-state index in [1.54, 1.807) is 35.4 Å². The molecule has 1 aliphatic heterocycles. The first-order valence-electron chi connectivity index (χ1n) is 8.82. The molecule has 1 aliphatic rings. The number of aromatic nitrogens is 4. The van der Waals surface area contributed by atoms with Crippen LogP contribution < -0.4 is 10.2 Å². The van der Waals surface area contributed by atoms with Crippen LogP contribution in [0.5, 0.6) is 0 Å². The van der Waals surface area contributed by atoms with Gasteiger partial charge >= 0.3 is 0 Å². The number of amides is 1. The van der Waals surface area contributed by atoms with Gasteiger partial charge in [-0.2, -0.15) is 0 Å². The minimum atomic E-state index is -0.369. The van der Waals surface area contributed by atoms with Gasteiger partial charge in [0.2, 0.25) is 5.91 Å². The van der Waals surface area contributed by atoms with Crippen molar-refractivity contribution in [2.45, 2.75) is 12.8 Å². The van der Waals surface area contributed by atoms with Gasteiger partial charge in [-0.1, -0.05) is 6.07 Å². The smallest absolute Gasteiger partial charge is 0.229 e. The fourth-order valence-corrected chi connectivity index (χ4v) is 3.23. The molecule has 27 heavy (non-hydrogen) atoms. The molecular formula is C19H19FN6O. The highest BCUT2D eigenvalue weighted by atomic mass is 19.1. The third-order valence-electron chi connectivity index (χ3n) is 4.61. The van der Waals surface area contributed by atoms with Crippen LogP contribution >= 0.6 is 0 Å². The Labute approximate surface area is 155 Å². The van der Waals surface area contributed by atoms with Crippen LogP contribution in [0.15, 0.2) is 55.1 Å². The lowest BCUT2D eigenvalue weighted by Gasteiger charge is -2.32. The second-order valence-corrected chi connectivity index (χ2v) is 6.50. The number of anilines is 2. The number of imidazole rings is 1. The molecule has 4 rings (SSSR count). The van der Waals surface area contributed by atoms with Crippen LogP contribution in [0.2, 0.25) is 0 Å². The van der Waals surface area contributed by atoms with Crippen molar-refractivity contribution in [1.29, 1.82) is 0 Å². The van der Waals surface area contributed by atoms with Gasteiger partial charge in [0.1, 0.15) is 12.1 Å². The maximum Gasteiger partial charge on any atom is 0.229 e. The molecule has 0 bridgehead atoms. The quantitative estimate of drug-likeness (QED) is 0.768. The summed E-state index contributed by atoms with van der Waals surface area (Å²) in [6.45, 7) is 1.38. The van der Waals surface area contributed by atoms with E-state index in [1.807, 2.05) is 12.1 Å². The highest BCUT2D eigenvalue weighted by Crippen LogP contribution is 2.23. The predicted molar refractivity (Wildman–Crippen MR) is 99.1 cm³/mol. The predicted octanol–water partition coefficient (Wildman–Crippen LogP) is 2.66. The summed E-state index contributed by atoms with van der Waals surface area (Å²) in [5.74, 6) is 0.771. The van der Waals surface area contributed by atoms with Crippen LogP contribution in [0.4, 0.5) is 15.9 Å². The van der Waals surface area contributed by atoms with Gasteiger partial charge in [0.05, 0.1) is 5.92 Å². The Morgan fingerprint density at radius 3 is 2.78 bits per heavy atom. The topological polar surface area (TPSA) is 75.9 Å². The zero-order valence-corrected chi connectivity index (χ0v) is 14.6. The average Bonchev–Trinajstić information content (AvgIpc) is 3.23. The zero-order chi connectivity index (χ0) is 18.6. The zero-order valence-electron chi connectivity index (χ0n) is 14.6. The minimum Gasteiger partial charge on any atom is -0.354 e. The number of rotatable bonds is 4. The lowest BCUT2D eigenvalue weighted by molar-refractivity contribution is -0.120. The van der Waals surface area contributed by atoms with Gasteiger partial charge in [0.15, 0.2) is 11.6 Å². The van der Waals surface area contributed by atoms with E-state index in [2.05, 4.69) is 25.4 Å². The second kappa shape index (κ2) is 7.53. The number of carbonyl (C=O) groups excluding carboxylic acids is 1. The molecule has 1 amide bonds. The number of nitrogens with one attached hydrogen (secondary N) is 1. The third-order valence-corrected chi connectivity index (χ3v) is 4.61. The standard InChI is InChI=1S/C19H19FN6O/c20-15-4-1-5-16(11-15)22-19(27)14-3-2-9-25(12-14)17-6-7-18(24-23-17)26-10-8-21-13-26/h1,4-8,10-11,13-14H,2-3,9,12H2,(H,22,27)/t14-/m1/s1. The molecule has 1 N–H and O–H groups in total. The molecule has 0 radical (unpaired) electrons. The number of benzene rings is 1. The molecule has 1 saturated heterocycles. The molecular weight excluding hydrogens is 347 g/mol. The van der Waals surface area contributed by atoms with Gasteiger partial charge in [-0.3, -0.25) is 9.36 Å². The molecule has 138 valence electrons. The maximum atomic E-state index is 13.3. The molecule has 1 aromatic carbocycles. The number of nitrogens with zero attached hydrogens (tertiary/aromatic N) is 5. The first-order valence-corrected chi connectivity index (χ1v) is 8.82. The molecule has 3 aromatic rings. The maximum absolute atomic E-state index is 13.3. The first kappa shape index (κ1) is 17.1. The van der Waals surface area contributed by atoms with Crippen molar-refractivity contribution >= 4 is 17.4 Å². The summed E-state index contributed by atoms with van der Waals surface area (Å²) in [6.07, 6.45) is 6.82. The summed E-state index contributed by atoms with van der Waals surface area (Å²) < 4.78 is 15.1. The summed E-state index contributed by atoms with van der Waals surface area (Å²) >= 11 is 0. The Balaban J connectivity index is 1.42. The third kappa shape index (κ3) is 3.94. The fraction of sp³-hybridized carbons (Fsp3) is 0.263. The Morgan fingerprint density at radius 2 is 2.04 bits per heavy atom. The Hall–Kier alpha value is -3.29. The van der Waals surface area contributed by atoms with Crippen molar-refractivity contribution in [2.75, 3.05) is 23.3 Å². The highest BCUT2D eigenvalue weighted by Gasteiger charge is 2.27. The number of carbonyl (C=O) groups is 1. The van der Waals surface area contributed by atoms with Crippen LogP contribution in [0.3, 0.4) is 0 Å². The monoisotopic (exact) mass is 366 g/mol. The van der Waals surface area contributed by atoms with Gasteiger partial charge in [0, 0.05) is 31.2 Å². The van der Waals surface area contributed by atoms with E-state index in [0.717, 1.165) is 25.2 Å². The van der Waals surface area contributed by atoms with Crippen molar-refractivity contribution in [3.63, 3.8) is 0 Å². The van der Waals surface area contributed by atoms with Gasteiger partial charge in [-0.05, 0) is 43.2 Å². The Kier molecular flexibility index (Phi) is 4.78. The number of piperidine rings is 1. The van der Waals surface area contributed by atoms with Crippen molar-refractivity contribution in [3.05, 3.63) is 60.9 Å². The second-order valence-electron chi connectivity index (χ2n) is 6.50. The molecule has 2 aromatic heterocycles. The molecule has 0 saturated carbocycles.